The first-order chi connectivity index (χ1) is 12.7. The van der Waals surface area contributed by atoms with Crippen LogP contribution in [0.4, 0.5) is 5.00 Å². The van der Waals surface area contributed by atoms with Crippen LogP contribution in [0.1, 0.15) is 26.1 Å². The number of furan rings is 1. The summed E-state index contributed by atoms with van der Waals surface area (Å²) in [6.45, 7) is -0.0699. The number of benzene rings is 1. The number of esters is 1. The topological polar surface area (TPSA) is 94.6 Å². The van der Waals surface area contributed by atoms with Gasteiger partial charge in [0.1, 0.15) is 10.4 Å². The first kappa shape index (κ1) is 16.1. The number of nitrogens with zero attached hydrogens (tertiary/aromatic N) is 1. The number of anilines is 1. The Labute approximate surface area is 151 Å². The molecule has 0 aliphatic carbocycles. The van der Waals surface area contributed by atoms with E-state index in [1.54, 1.807) is 30.3 Å². The molecule has 3 heterocycles. The number of para-hydroxylation sites is 2. The molecule has 7 nitrogen and oxygen atoms in total. The van der Waals surface area contributed by atoms with Gasteiger partial charge >= 0.3 is 5.97 Å². The van der Waals surface area contributed by atoms with Crippen LogP contribution < -0.4 is 5.32 Å². The smallest absolute Gasteiger partial charge is 0.348 e. The van der Waals surface area contributed by atoms with Crippen molar-refractivity contribution in [3.8, 4) is 0 Å². The summed E-state index contributed by atoms with van der Waals surface area (Å²) in [5.74, 6) is -0.389. The van der Waals surface area contributed by atoms with Gasteiger partial charge in [-0.1, -0.05) is 12.1 Å². The standard InChI is InChI=1S/C18H12N2O5S/c21-17(13-6-3-9-23-13)20-16-8-7-14(26-16)18(22)24-10-15-19-11-4-1-2-5-12(11)25-15/h1-9H,10H2,(H,20,21). The average molecular weight is 368 g/mol. The fraction of sp³-hybridized carbons (Fsp3) is 0.0556. The van der Waals surface area contributed by atoms with Crippen molar-refractivity contribution in [1.82, 2.24) is 4.98 Å². The predicted molar refractivity (Wildman–Crippen MR) is 94.1 cm³/mol. The van der Waals surface area contributed by atoms with E-state index in [0.29, 0.717) is 26.9 Å². The van der Waals surface area contributed by atoms with E-state index >= 15 is 0 Å². The summed E-state index contributed by atoms with van der Waals surface area (Å²) in [6, 6.07) is 13.7. The van der Waals surface area contributed by atoms with E-state index in [9.17, 15) is 9.59 Å². The van der Waals surface area contributed by atoms with Crippen LogP contribution >= 0.6 is 11.3 Å². The highest BCUT2D eigenvalue weighted by Crippen LogP contribution is 2.24. The van der Waals surface area contributed by atoms with Gasteiger partial charge in [0.05, 0.1) is 11.3 Å². The van der Waals surface area contributed by atoms with Gasteiger partial charge in [-0.05, 0) is 36.4 Å². The third-order valence-electron chi connectivity index (χ3n) is 3.45. The van der Waals surface area contributed by atoms with Crippen LogP contribution in [0.25, 0.3) is 11.1 Å². The number of amides is 1. The number of oxazole rings is 1. The van der Waals surface area contributed by atoms with Crippen LogP contribution in [0, 0.1) is 0 Å². The number of carbonyl (C=O) groups excluding carboxylic acids is 2. The first-order valence-corrected chi connectivity index (χ1v) is 8.47. The van der Waals surface area contributed by atoms with Crippen molar-refractivity contribution < 1.29 is 23.2 Å². The molecule has 1 N–H and O–H groups in total. The zero-order valence-electron chi connectivity index (χ0n) is 13.3. The Morgan fingerprint density at radius 1 is 1.12 bits per heavy atom. The van der Waals surface area contributed by atoms with E-state index in [2.05, 4.69) is 10.3 Å². The number of ether oxygens (including phenoxy) is 1. The second-order valence-corrected chi connectivity index (χ2v) is 6.33. The normalized spacial score (nSPS) is 10.8. The fourth-order valence-corrected chi connectivity index (χ4v) is 3.07. The molecular weight excluding hydrogens is 356 g/mol. The van der Waals surface area contributed by atoms with Crippen molar-refractivity contribution in [3.63, 3.8) is 0 Å². The van der Waals surface area contributed by atoms with E-state index in [1.165, 1.54) is 6.26 Å². The Morgan fingerprint density at radius 3 is 2.81 bits per heavy atom. The Kier molecular flexibility index (Phi) is 4.24. The first-order valence-electron chi connectivity index (χ1n) is 7.65. The quantitative estimate of drug-likeness (QED) is 0.533. The number of hydrogen-bond acceptors (Lipinski definition) is 7. The zero-order valence-corrected chi connectivity index (χ0v) is 14.1. The van der Waals surface area contributed by atoms with Crippen LogP contribution in [0.3, 0.4) is 0 Å². The molecule has 0 fully saturated rings. The highest BCUT2D eigenvalue weighted by Gasteiger charge is 2.15. The van der Waals surface area contributed by atoms with Crippen molar-refractivity contribution >= 4 is 39.3 Å². The monoisotopic (exact) mass is 368 g/mol. The number of rotatable bonds is 5. The summed E-state index contributed by atoms with van der Waals surface area (Å²) in [6.07, 6.45) is 1.41. The lowest BCUT2D eigenvalue weighted by atomic mass is 10.3. The lowest BCUT2D eigenvalue weighted by molar-refractivity contribution is 0.0446. The maximum Gasteiger partial charge on any atom is 0.348 e. The molecule has 4 rings (SSSR count). The Morgan fingerprint density at radius 2 is 2.00 bits per heavy atom. The highest BCUT2D eigenvalue weighted by molar-refractivity contribution is 7.18. The molecule has 3 aromatic heterocycles. The SMILES string of the molecule is O=C(Nc1ccc(C(=O)OCc2nc3ccccc3o2)s1)c1ccco1. The van der Waals surface area contributed by atoms with Gasteiger partial charge in [0, 0.05) is 0 Å². The minimum atomic E-state index is -0.518. The van der Waals surface area contributed by atoms with E-state index in [-0.39, 0.29) is 18.3 Å². The molecule has 0 saturated carbocycles. The molecule has 0 spiro atoms. The summed E-state index contributed by atoms with van der Waals surface area (Å²) >= 11 is 1.11. The summed E-state index contributed by atoms with van der Waals surface area (Å²) in [5, 5.41) is 3.17. The molecule has 0 bridgehead atoms. The van der Waals surface area contributed by atoms with Crippen molar-refractivity contribution in [3.05, 3.63) is 71.3 Å². The van der Waals surface area contributed by atoms with Crippen molar-refractivity contribution in [1.29, 1.82) is 0 Å². The number of fused-ring (bicyclic) bond motifs is 1. The van der Waals surface area contributed by atoms with Crippen molar-refractivity contribution in [2.24, 2.45) is 0 Å². The third-order valence-corrected chi connectivity index (χ3v) is 4.43. The Bertz CT molecular complexity index is 1030. The van der Waals surface area contributed by atoms with Crippen LogP contribution in [-0.2, 0) is 11.3 Å². The van der Waals surface area contributed by atoms with E-state index in [0.717, 1.165) is 11.3 Å². The lowest BCUT2D eigenvalue weighted by Crippen LogP contribution is -2.09. The van der Waals surface area contributed by atoms with Crippen LogP contribution in [0.5, 0.6) is 0 Å². The number of thiophene rings is 1. The van der Waals surface area contributed by atoms with Gasteiger partial charge in [0.15, 0.2) is 18.0 Å². The molecule has 0 atom stereocenters. The van der Waals surface area contributed by atoms with Gasteiger partial charge in [-0.25, -0.2) is 9.78 Å². The third kappa shape index (κ3) is 3.35. The van der Waals surface area contributed by atoms with E-state index in [4.69, 9.17) is 13.6 Å². The predicted octanol–water partition coefficient (Wildman–Crippen LogP) is 4.09. The lowest BCUT2D eigenvalue weighted by Gasteiger charge is -2.00. The van der Waals surface area contributed by atoms with Gasteiger partial charge in [0.2, 0.25) is 5.89 Å². The van der Waals surface area contributed by atoms with Gasteiger partial charge < -0.3 is 18.9 Å². The van der Waals surface area contributed by atoms with E-state index < -0.39 is 5.97 Å². The van der Waals surface area contributed by atoms with Crippen molar-refractivity contribution in [2.45, 2.75) is 6.61 Å². The molecule has 8 heteroatoms. The number of carbonyl (C=O) groups is 2. The molecule has 130 valence electrons. The van der Waals surface area contributed by atoms with Gasteiger partial charge in [-0.2, -0.15) is 0 Å². The Hall–Kier alpha value is -3.39. The number of nitrogens with one attached hydrogen (secondary N) is 1. The molecule has 0 saturated heterocycles. The Balaban J connectivity index is 1.37. The van der Waals surface area contributed by atoms with Gasteiger partial charge in [-0.15, -0.1) is 11.3 Å². The second kappa shape index (κ2) is 6.85. The minimum absolute atomic E-state index is 0.0699. The fourth-order valence-electron chi connectivity index (χ4n) is 2.28. The molecule has 0 aliphatic rings. The van der Waals surface area contributed by atoms with E-state index in [1.807, 2.05) is 18.2 Å². The summed E-state index contributed by atoms with van der Waals surface area (Å²) in [5.41, 5.74) is 1.34. The largest absolute Gasteiger partial charge is 0.459 e. The molecule has 0 aliphatic heterocycles. The van der Waals surface area contributed by atoms with Gasteiger partial charge in [0.25, 0.3) is 5.91 Å². The van der Waals surface area contributed by atoms with Crippen LogP contribution in [0.2, 0.25) is 0 Å². The highest BCUT2D eigenvalue weighted by atomic mass is 32.1. The van der Waals surface area contributed by atoms with Crippen molar-refractivity contribution in [2.75, 3.05) is 5.32 Å². The van der Waals surface area contributed by atoms with Crippen LogP contribution in [-0.4, -0.2) is 16.9 Å². The molecule has 1 aromatic carbocycles. The van der Waals surface area contributed by atoms with Crippen LogP contribution in [0.15, 0.2) is 63.6 Å². The zero-order chi connectivity index (χ0) is 17.9. The maximum absolute atomic E-state index is 12.1. The molecule has 0 unspecified atom stereocenters. The summed E-state index contributed by atoms with van der Waals surface area (Å²) in [7, 11) is 0. The average Bonchev–Trinajstić information content (AvgIpc) is 3.38. The number of aromatic nitrogens is 1. The molecule has 26 heavy (non-hydrogen) atoms. The molecular formula is C18H12N2O5S. The summed E-state index contributed by atoms with van der Waals surface area (Å²) in [4.78, 5) is 28.7. The number of hydrogen-bond donors (Lipinski definition) is 1. The maximum atomic E-state index is 12.1. The molecule has 1 amide bonds. The summed E-state index contributed by atoms with van der Waals surface area (Å²) < 4.78 is 15.7. The second-order valence-electron chi connectivity index (χ2n) is 5.25. The molecule has 0 radical (unpaired) electrons. The minimum Gasteiger partial charge on any atom is -0.459 e. The molecule has 4 aromatic rings. The van der Waals surface area contributed by atoms with Gasteiger partial charge in [-0.3, -0.25) is 4.79 Å².